The van der Waals surface area contributed by atoms with Crippen LogP contribution in [-0.4, -0.2) is 24.0 Å². The molecule has 0 bridgehead atoms. The van der Waals surface area contributed by atoms with Gasteiger partial charge in [-0.25, -0.2) is 5.01 Å². The van der Waals surface area contributed by atoms with Crippen molar-refractivity contribution >= 4 is 17.2 Å². The molecule has 1 aromatic heterocycles. The molecule has 1 amide bonds. The van der Waals surface area contributed by atoms with Crippen molar-refractivity contribution in [1.29, 1.82) is 0 Å². The number of hydrogen-bond donors (Lipinski definition) is 1. The first-order valence-electron chi connectivity index (χ1n) is 6.26. The second-order valence-electron chi connectivity index (χ2n) is 5.59. The van der Waals surface area contributed by atoms with E-state index < -0.39 is 0 Å². The van der Waals surface area contributed by atoms with Crippen LogP contribution in [0.1, 0.15) is 36.9 Å². The molecule has 1 aliphatic rings. The summed E-state index contributed by atoms with van der Waals surface area (Å²) in [6.45, 7) is 8.39. The predicted molar refractivity (Wildman–Crippen MR) is 75.5 cm³/mol. The van der Waals surface area contributed by atoms with E-state index in [1.54, 1.807) is 0 Å². The van der Waals surface area contributed by atoms with Gasteiger partial charge in [0.05, 0.1) is 4.88 Å². The fraction of sp³-hybridized carbons (Fsp3) is 0.500. The molecule has 0 fully saturated rings. The number of hydrazine groups is 1. The largest absolute Gasteiger partial charge is 0.284 e. The molecule has 1 aliphatic heterocycles. The van der Waals surface area contributed by atoms with Gasteiger partial charge in [-0.3, -0.25) is 10.2 Å². The van der Waals surface area contributed by atoms with Crippen LogP contribution in [0.25, 0.3) is 0 Å². The first kappa shape index (κ1) is 13.3. The fourth-order valence-electron chi connectivity index (χ4n) is 2.06. The average molecular weight is 264 g/mol. The zero-order valence-electron chi connectivity index (χ0n) is 11.2. The molecule has 2 rings (SSSR count). The fourth-order valence-corrected chi connectivity index (χ4v) is 2.67. The van der Waals surface area contributed by atoms with Gasteiger partial charge in [0, 0.05) is 13.1 Å². The maximum absolute atomic E-state index is 11.9. The van der Waals surface area contributed by atoms with Crippen molar-refractivity contribution in [3.8, 4) is 0 Å². The van der Waals surface area contributed by atoms with E-state index in [1.165, 1.54) is 16.9 Å². The summed E-state index contributed by atoms with van der Waals surface area (Å²) in [7, 11) is 0. The molecule has 0 aromatic carbocycles. The second kappa shape index (κ2) is 5.24. The van der Waals surface area contributed by atoms with E-state index in [0.29, 0.717) is 0 Å². The summed E-state index contributed by atoms with van der Waals surface area (Å²) in [6, 6.07) is 3.74. The van der Waals surface area contributed by atoms with E-state index in [9.17, 15) is 4.79 Å². The van der Waals surface area contributed by atoms with Gasteiger partial charge >= 0.3 is 0 Å². The number of nitrogens with one attached hydrogen (secondary N) is 1. The Morgan fingerprint density at radius 2 is 2.22 bits per heavy atom. The molecule has 0 atom stereocenters. The zero-order chi connectivity index (χ0) is 13.2. The third-order valence-corrected chi connectivity index (χ3v) is 4.05. The lowest BCUT2D eigenvalue weighted by molar-refractivity contribution is 0.0803. The summed E-state index contributed by atoms with van der Waals surface area (Å²) < 4.78 is 0. The SMILES string of the molecule is CC(C)(C)C1=CCN(NC(=O)c2cccs2)CC1. The lowest BCUT2D eigenvalue weighted by Gasteiger charge is -2.32. The lowest BCUT2D eigenvalue weighted by Crippen LogP contribution is -2.44. The van der Waals surface area contributed by atoms with Crippen LogP contribution >= 0.6 is 11.3 Å². The average Bonchev–Trinajstić information content (AvgIpc) is 2.82. The van der Waals surface area contributed by atoms with Crippen molar-refractivity contribution in [1.82, 2.24) is 10.4 Å². The van der Waals surface area contributed by atoms with Gasteiger partial charge in [-0.05, 0) is 23.3 Å². The maximum Gasteiger partial charge on any atom is 0.275 e. The monoisotopic (exact) mass is 264 g/mol. The summed E-state index contributed by atoms with van der Waals surface area (Å²) in [4.78, 5) is 12.7. The zero-order valence-corrected chi connectivity index (χ0v) is 12.0. The standard InChI is InChI=1S/C14H20N2OS/c1-14(2,3)11-6-8-16(9-7-11)15-13(17)12-5-4-10-18-12/h4-6,10H,7-9H2,1-3H3,(H,15,17). The number of nitrogens with zero attached hydrogens (tertiary/aromatic N) is 1. The Bertz CT molecular complexity index is 443. The van der Waals surface area contributed by atoms with Crippen molar-refractivity contribution in [2.75, 3.05) is 13.1 Å². The number of amides is 1. The molecule has 18 heavy (non-hydrogen) atoms. The van der Waals surface area contributed by atoms with Gasteiger partial charge in [-0.2, -0.15) is 0 Å². The molecule has 4 heteroatoms. The summed E-state index contributed by atoms with van der Waals surface area (Å²) in [5.41, 5.74) is 4.67. The van der Waals surface area contributed by atoms with E-state index in [0.717, 1.165) is 24.4 Å². The molecular formula is C14H20N2OS. The molecule has 0 unspecified atom stereocenters. The molecule has 0 spiro atoms. The van der Waals surface area contributed by atoms with E-state index in [4.69, 9.17) is 0 Å². The van der Waals surface area contributed by atoms with Crippen LogP contribution in [0.5, 0.6) is 0 Å². The molecule has 1 aromatic rings. The quantitative estimate of drug-likeness (QED) is 0.833. The van der Waals surface area contributed by atoms with E-state index in [2.05, 4.69) is 32.3 Å². The van der Waals surface area contributed by atoms with Crippen molar-refractivity contribution in [2.45, 2.75) is 27.2 Å². The van der Waals surface area contributed by atoms with E-state index in [-0.39, 0.29) is 11.3 Å². The van der Waals surface area contributed by atoms with Gasteiger partial charge in [0.2, 0.25) is 0 Å². The maximum atomic E-state index is 11.9. The molecular weight excluding hydrogens is 244 g/mol. The van der Waals surface area contributed by atoms with E-state index in [1.807, 2.05) is 22.5 Å². The number of carbonyl (C=O) groups excluding carboxylic acids is 1. The van der Waals surface area contributed by atoms with Gasteiger partial charge in [-0.15, -0.1) is 11.3 Å². The van der Waals surface area contributed by atoms with Crippen LogP contribution in [0.15, 0.2) is 29.2 Å². The highest BCUT2D eigenvalue weighted by molar-refractivity contribution is 7.12. The van der Waals surface area contributed by atoms with Gasteiger partial charge in [0.15, 0.2) is 0 Å². The van der Waals surface area contributed by atoms with Crippen LogP contribution in [0.3, 0.4) is 0 Å². The van der Waals surface area contributed by atoms with Gasteiger partial charge in [0.1, 0.15) is 0 Å². The number of carbonyl (C=O) groups is 1. The molecule has 3 nitrogen and oxygen atoms in total. The van der Waals surface area contributed by atoms with Crippen LogP contribution in [-0.2, 0) is 0 Å². The summed E-state index contributed by atoms with van der Waals surface area (Å²) in [5, 5.41) is 3.90. The molecule has 2 heterocycles. The summed E-state index contributed by atoms with van der Waals surface area (Å²) >= 11 is 1.47. The summed E-state index contributed by atoms with van der Waals surface area (Å²) in [5.74, 6) is -0.00221. The highest BCUT2D eigenvalue weighted by atomic mass is 32.1. The van der Waals surface area contributed by atoms with Gasteiger partial charge in [0.25, 0.3) is 5.91 Å². The Morgan fingerprint density at radius 3 is 2.72 bits per heavy atom. The molecule has 0 aliphatic carbocycles. The Balaban J connectivity index is 1.91. The lowest BCUT2D eigenvalue weighted by atomic mass is 9.83. The Hall–Kier alpha value is -1.13. The highest BCUT2D eigenvalue weighted by Gasteiger charge is 2.22. The number of hydrogen-bond acceptors (Lipinski definition) is 3. The first-order chi connectivity index (χ1) is 8.47. The molecule has 1 N–H and O–H groups in total. The van der Waals surface area contributed by atoms with Crippen molar-refractivity contribution in [3.63, 3.8) is 0 Å². The number of rotatable bonds is 2. The van der Waals surface area contributed by atoms with Gasteiger partial charge < -0.3 is 0 Å². The highest BCUT2D eigenvalue weighted by Crippen LogP contribution is 2.29. The van der Waals surface area contributed by atoms with E-state index >= 15 is 0 Å². The normalized spacial score (nSPS) is 17.4. The van der Waals surface area contributed by atoms with Crippen molar-refractivity contribution < 1.29 is 4.79 Å². The topological polar surface area (TPSA) is 32.3 Å². The Morgan fingerprint density at radius 1 is 1.44 bits per heavy atom. The second-order valence-corrected chi connectivity index (χ2v) is 6.54. The van der Waals surface area contributed by atoms with Gasteiger partial charge in [-0.1, -0.05) is 38.5 Å². The minimum Gasteiger partial charge on any atom is -0.284 e. The van der Waals surface area contributed by atoms with Crippen molar-refractivity contribution in [2.24, 2.45) is 5.41 Å². The van der Waals surface area contributed by atoms with Crippen molar-refractivity contribution in [3.05, 3.63) is 34.0 Å². The van der Waals surface area contributed by atoms with Crippen LogP contribution in [0, 0.1) is 5.41 Å². The predicted octanol–water partition coefficient (Wildman–Crippen LogP) is 3.07. The Kier molecular flexibility index (Phi) is 3.88. The molecule has 0 saturated heterocycles. The van der Waals surface area contributed by atoms with Crippen LogP contribution in [0.2, 0.25) is 0 Å². The molecule has 0 saturated carbocycles. The third kappa shape index (κ3) is 3.21. The Labute approximate surface area is 112 Å². The minimum atomic E-state index is -0.00221. The number of thiophene rings is 1. The van der Waals surface area contributed by atoms with Crippen LogP contribution in [0.4, 0.5) is 0 Å². The molecule has 0 radical (unpaired) electrons. The smallest absolute Gasteiger partial charge is 0.275 e. The van der Waals surface area contributed by atoms with Crippen LogP contribution < -0.4 is 5.43 Å². The first-order valence-corrected chi connectivity index (χ1v) is 7.14. The minimum absolute atomic E-state index is 0.00221. The third-order valence-electron chi connectivity index (χ3n) is 3.18. The summed E-state index contributed by atoms with van der Waals surface area (Å²) in [6.07, 6.45) is 3.26. The molecule has 98 valence electrons.